The Bertz CT molecular complexity index is 1480. The molecule has 0 aliphatic carbocycles. The molecule has 0 atom stereocenters. The first-order valence-corrected chi connectivity index (χ1v) is 13.9. The van der Waals surface area contributed by atoms with Crippen molar-refractivity contribution >= 4 is 40.4 Å². The van der Waals surface area contributed by atoms with Crippen molar-refractivity contribution in [2.24, 2.45) is 0 Å². The summed E-state index contributed by atoms with van der Waals surface area (Å²) in [6.45, 7) is 7.60. The summed E-state index contributed by atoms with van der Waals surface area (Å²) in [4.78, 5) is 42.3. The predicted octanol–water partition coefficient (Wildman–Crippen LogP) is 3.99. The van der Waals surface area contributed by atoms with Crippen LogP contribution in [0.15, 0.2) is 66.7 Å². The molecule has 3 aromatic rings. The van der Waals surface area contributed by atoms with Gasteiger partial charge >= 0.3 is 5.97 Å². The van der Waals surface area contributed by atoms with Crippen molar-refractivity contribution in [1.82, 2.24) is 15.1 Å². The van der Waals surface area contributed by atoms with E-state index in [1.807, 2.05) is 42.5 Å². The first kappa shape index (κ1) is 28.1. The van der Waals surface area contributed by atoms with Gasteiger partial charge in [0.1, 0.15) is 0 Å². The Morgan fingerprint density at radius 2 is 1.66 bits per heavy atom. The maximum Gasteiger partial charge on any atom is 0.336 e. The highest BCUT2D eigenvalue weighted by molar-refractivity contribution is 6.37. The van der Waals surface area contributed by atoms with E-state index in [9.17, 15) is 19.5 Å². The minimum atomic E-state index is -1.04. The second-order valence-corrected chi connectivity index (χ2v) is 10.5. The molecule has 3 aromatic carbocycles. The standard InChI is InChI=1S/C32H35N5O4/c1-21-19-26-27(20-25(21)32(40)41)35-31(39)28(26)29(22-7-4-3-5-8-22)34-24-11-9-23(10-12-24)30(38)33-13-6-14-37-17-15-36(2)16-18-37/h3-5,7-12,19-20,34H,6,13-18H2,1-2H3,(H,33,38)(H,35,39)(H,40,41)/b29-28-. The zero-order valence-corrected chi connectivity index (χ0v) is 23.4. The van der Waals surface area contributed by atoms with Crippen LogP contribution >= 0.6 is 0 Å². The van der Waals surface area contributed by atoms with E-state index in [0.717, 1.165) is 44.7 Å². The van der Waals surface area contributed by atoms with Crippen LogP contribution < -0.4 is 16.0 Å². The quantitative estimate of drug-likeness (QED) is 0.234. The first-order valence-electron chi connectivity index (χ1n) is 13.9. The van der Waals surface area contributed by atoms with Crippen molar-refractivity contribution in [1.29, 1.82) is 0 Å². The lowest BCUT2D eigenvalue weighted by molar-refractivity contribution is -0.110. The van der Waals surface area contributed by atoms with E-state index in [1.165, 1.54) is 6.07 Å². The number of aryl methyl sites for hydroxylation is 1. The number of nitrogens with one attached hydrogen (secondary N) is 3. The van der Waals surface area contributed by atoms with Crippen LogP contribution in [0.3, 0.4) is 0 Å². The number of carboxylic acid groups (broad SMARTS) is 1. The van der Waals surface area contributed by atoms with Gasteiger partial charge in [-0.1, -0.05) is 30.3 Å². The minimum absolute atomic E-state index is 0.120. The highest BCUT2D eigenvalue weighted by Crippen LogP contribution is 2.39. The SMILES string of the molecule is Cc1cc2c(cc1C(=O)O)NC(=O)/C2=C(\Nc1ccc(C(=O)NCCCN2CCN(C)CC2)cc1)c1ccccc1. The van der Waals surface area contributed by atoms with Gasteiger partial charge < -0.3 is 30.9 Å². The maximum atomic E-state index is 13.2. The lowest BCUT2D eigenvalue weighted by Crippen LogP contribution is -2.45. The Hall–Kier alpha value is -4.47. The molecule has 0 aromatic heterocycles. The van der Waals surface area contributed by atoms with Gasteiger partial charge in [0.05, 0.1) is 22.5 Å². The Morgan fingerprint density at radius 1 is 0.951 bits per heavy atom. The van der Waals surface area contributed by atoms with Crippen LogP contribution in [0.25, 0.3) is 11.3 Å². The summed E-state index contributed by atoms with van der Waals surface area (Å²) in [5, 5.41) is 18.7. The molecule has 2 aliphatic rings. The van der Waals surface area contributed by atoms with Gasteiger partial charge in [-0.15, -0.1) is 0 Å². The van der Waals surface area contributed by atoms with E-state index in [-0.39, 0.29) is 17.4 Å². The number of carbonyl (C=O) groups is 3. The molecule has 9 nitrogen and oxygen atoms in total. The number of hydrogen-bond donors (Lipinski definition) is 4. The fourth-order valence-electron chi connectivity index (χ4n) is 5.22. The van der Waals surface area contributed by atoms with Crippen molar-refractivity contribution < 1.29 is 19.5 Å². The molecule has 4 N–H and O–H groups in total. The molecule has 5 rings (SSSR count). The monoisotopic (exact) mass is 553 g/mol. The molecule has 1 saturated heterocycles. The molecule has 212 valence electrons. The lowest BCUT2D eigenvalue weighted by atomic mass is 9.96. The third-order valence-corrected chi connectivity index (χ3v) is 7.60. The number of amides is 2. The average molecular weight is 554 g/mol. The third kappa shape index (κ3) is 6.48. The van der Waals surface area contributed by atoms with Crippen LogP contribution in [0, 0.1) is 6.92 Å². The number of nitrogens with zero attached hydrogens (tertiary/aromatic N) is 2. The number of piperazine rings is 1. The van der Waals surface area contributed by atoms with Crippen LogP contribution in [0.2, 0.25) is 0 Å². The average Bonchev–Trinajstić information content (AvgIpc) is 3.29. The van der Waals surface area contributed by atoms with Crippen LogP contribution in [0.4, 0.5) is 11.4 Å². The first-order chi connectivity index (χ1) is 19.8. The van der Waals surface area contributed by atoms with Gasteiger partial charge in [0, 0.05) is 49.5 Å². The summed E-state index contributed by atoms with van der Waals surface area (Å²) in [7, 11) is 2.14. The van der Waals surface area contributed by atoms with E-state index >= 15 is 0 Å². The lowest BCUT2D eigenvalue weighted by Gasteiger charge is -2.32. The molecule has 0 spiro atoms. The topological polar surface area (TPSA) is 114 Å². The van der Waals surface area contributed by atoms with E-state index in [4.69, 9.17) is 0 Å². The molecule has 2 heterocycles. The van der Waals surface area contributed by atoms with Crippen LogP contribution in [0.1, 0.15) is 43.8 Å². The van der Waals surface area contributed by atoms with Gasteiger partial charge in [-0.2, -0.15) is 0 Å². The van der Waals surface area contributed by atoms with Crippen molar-refractivity contribution in [2.75, 3.05) is 56.9 Å². The minimum Gasteiger partial charge on any atom is -0.478 e. The van der Waals surface area contributed by atoms with Crippen molar-refractivity contribution in [3.63, 3.8) is 0 Å². The number of rotatable bonds is 9. The largest absolute Gasteiger partial charge is 0.478 e. The number of carbonyl (C=O) groups excluding carboxylic acids is 2. The summed E-state index contributed by atoms with van der Waals surface area (Å²) < 4.78 is 0. The Balaban J connectivity index is 1.31. The summed E-state index contributed by atoms with van der Waals surface area (Å²) in [5.74, 6) is -1.48. The number of aromatic carboxylic acids is 1. The summed E-state index contributed by atoms with van der Waals surface area (Å²) in [6.07, 6.45) is 0.903. The molecule has 41 heavy (non-hydrogen) atoms. The number of benzene rings is 3. The van der Waals surface area contributed by atoms with Gasteiger partial charge in [0.15, 0.2) is 0 Å². The van der Waals surface area contributed by atoms with E-state index < -0.39 is 5.97 Å². The number of hydrogen-bond acceptors (Lipinski definition) is 6. The Labute approximate surface area is 239 Å². The number of likely N-dealkylation sites (N-methyl/N-ethyl adjacent to an activating group) is 1. The summed E-state index contributed by atoms with van der Waals surface area (Å²) in [6, 6.07) is 19.9. The second-order valence-electron chi connectivity index (χ2n) is 10.5. The number of fused-ring (bicyclic) bond motifs is 1. The second kappa shape index (κ2) is 12.4. The third-order valence-electron chi connectivity index (χ3n) is 7.60. The van der Waals surface area contributed by atoms with Gasteiger partial charge in [-0.05, 0) is 74.5 Å². The summed E-state index contributed by atoms with van der Waals surface area (Å²) >= 11 is 0. The van der Waals surface area contributed by atoms with E-state index in [0.29, 0.717) is 45.9 Å². The molecule has 0 saturated carbocycles. The Kier molecular flexibility index (Phi) is 8.47. The zero-order chi connectivity index (χ0) is 28.9. The van der Waals surface area contributed by atoms with Crippen LogP contribution in [-0.2, 0) is 4.79 Å². The molecular weight excluding hydrogens is 518 g/mol. The van der Waals surface area contributed by atoms with E-state index in [1.54, 1.807) is 25.1 Å². The fourth-order valence-corrected chi connectivity index (χ4v) is 5.22. The maximum absolute atomic E-state index is 13.2. The predicted molar refractivity (Wildman–Crippen MR) is 161 cm³/mol. The molecule has 0 radical (unpaired) electrons. The molecule has 2 aliphatic heterocycles. The fraction of sp³-hybridized carbons (Fsp3) is 0.281. The molecule has 0 bridgehead atoms. The molecule has 2 amide bonds. The highest BCUT2D eigenvalue weighted by Gasteiger charge is 2.30. The van der Waals surface area contributed by atoms with E-state index in [2.05, 4.69) is 32.8 Å². The molecule has 0 unspecified atom stereocenters. The number of carboxylic acids is 1. The van der Waals surface area contributed by atoms with Gasteiger partial charge in [-0.25, -0.2) is 4.79 Å². The normalized spacial score (nSPS) is 16.6. The van der Waals surface area contributed by atoms with Crippen molar-refractivity contribution in [3.05, 3.63) is 94.5 Å². The number of anilines is 2. The smallest absolute Gasteiger partial charge is 0.336 e. The molecule has 9 heteroatoms. The van der Waals surface area contributed by atoms with Crippen LogP contribution in [0.5, 0.6) is 0 Å². The Morgan fingerprint density at radius 3 is 2.34 bits per heavy atom. The highest BCUT2D eigenvalue weighted by atomic mass is 16.4. The van der Waals surface area contributed by atoms with Crippen molar-refractivity contribution in [2.45, 2.75) is 13.3 Å². The summed E-state index contributed by atoms with van der Waals surface area (Å²) in [5.41, 5.74) is 4.89. The van der Waals surface area contributed by atoms with Gasteiger partial charge in [0.25, 0.3) is 11.8 Å². The molecule has 1 fully saturated rings. The molecular formula is C32H35N5O4. The van der Waals surface area contributed by atoms with Gasteiger partial charge in [-0.3, -0.25) is 9.59 Å². The zero-order valence-electron chi connectivity index (χ0n) is 23.4. The van der Waals surface area contributed by atoms with Crippen molar-refractivity contribution in [3.8, 4) is 0 Å². The van der Waals surface area contributed by atoms with Crippen LogP contribution in [-0.4, -0.2) is 79.0 Å². The van der Waals surface area contributed by atoms with Gasteiger partial charge in [0.2, 0.25) is 0 Å².